The van der Waals surface area contributed by atoms with Crippen LogP contribution in [0.15, 0.2) is 35.2 Å². The minimum Gasteiger partial charge on any atom is -0.422 e. The molecule has 0 aliphatic carbocycles. The number of carbonyl (C=O) groups excluding carboxylic acids is 1. The van der Waals surface area contributed by atoms with Gasteiger partial charge in [0.25, 0.3) is 11.8 Å². The molecule has 0 atom stereocenters. The summed E-state index contributed by atoms with van der Waals surface area (Å²) in [5.74, 6) is -0.379. The minimum absolute atomic E-state index is 0.000688. The number of aromatic nitrogens is 5. The highest BCUT2D eigenvalue weighted by atomic mass is 19.4. The lowest BCUT2D eigenvalue weighted by molar-refractivity contribution is -0.141. The van der Waals surface area contributed by atoms with Crippen molar-refractivity contribution in [1.29, 1.82) is 0 Å². The molecule has 4 aromatic heterocycles. The Bertz CT molecular complexity index is 1130. The maximum atomic E-state index is 13.0. The van der Waals surface area contributed by atoms with Crippen molar-refractivity contribution < 1.29 is 22.4 Å². The first-order valence-corrected chi connectivity index (χ1v) is 7.27. The van der Waals surface area contributed by atoms with E-state index < -0.39 is 17.8 Å². The molecule has 0 saturated carbocycles. The molecule has 1 amide bonds. The number of hydrogen-bond acceptors (Lipinski definition) is 6. The number of nitrogens with one attached hydrogen (secondary N) is 1. The summed E-state index contributed by atoms with van der Waals surface area (Å²) in [6.45, 7) is 0. The van der Waals surface area contributed by atoms with E-state index in [1.165, 1.54) is 29.8 Å². The second-order valence-electron chi connectivity index (χ2n) is 5.31. The molecular formula is C15H9F3N6O2. The molecule has 26 heavy (non-hydrogen) atoms. The van der Waals surface area contributed by atoms with Gasteiger partial charge in [-0.1, -0.05) is 0 Å². The second kappa shape index (κ2) is 5.51. The van der Waals surface area contributed by atoms with Crippen molar-refractivity contribution in [3.05, 3.63) is 42.0 Å². The highest BCUT2D eigenvalue weighted by Gasteiger charge is 2.33. The largest absolute Gasteiger partial charge is 0.433 e. The summed E-state index contributed by atoms with van der Waals surface area (Å²) >= 11 is 0. The lowest BCUT2D eigenvalue weighted by atomic mass is 10.1. The van der Waals surface area contributed by atoms with Crippen molar-refractivity contribution in [1.82, 2.24) is 29.9 Å². The molecule has 0 saturated heterocycles. The third kappa shape index (κ3) is 2.44. The zero-order valence-electron chi connectivity index (χ0n) is 13.1. The summed E-state index contributed by atoms with van der Waals surface area (Å²) in [7, 11) is 1.44. The number of fused-ring (bicyclic) bond motifs is 3. The quantitative estimate of drug-likeness (QED) is 0.588. The third-order valence-electron chi connectivity index (χ3n) is 3.72. The van der Waals surface area contributed by atoms with Gasteiger partial charge in [0.05, 0.1) is 5.56 Å². The average Bonchev–Trinajstić information content (AvgIpc) is 3.28. The molecule has 4 aromatic rings. The van der Waals surface area contributed by atoms with Gasteiger partial charge in [0, 0.05) is 18.6 Å². The number of alkyl halides is 3. The standard InChI is InChI=1S/C15H9F3N6O2/c1-19-13(25)8-4-7-2-3-10(15(16,17)18)22-11(7)24-5-9(21-12(8)24)14-23-20-6-26-14/h2-6H,1H3,(H,19,25). The number of rotatable bonds is 2. The van der Waals surface area contributed by atoms with Gasteiger partial charge in [-0.3, -0.25) is 9.20 Å². The Balaban J connectivity index is 2.08. The smallest absolute Gasteiger partial charge is 0.422 e. The number of amides is 1. The molecule has 0 spiro atoms. The van der Waals surface area contributed by atoms with Crippen molar-refractivity contribution in [2.45, 2.75) is 6.18 Å². The van der Waals surface area contributed by atoms with Crippen molar-refractivity contribution >= 4 is 22.6 Å². The molecular weight excluding hydrogens is 353 g/mol. The summed E-state index contributed by atoms with van der Waals surface area (Å²) in [5.41, 5.74) is -0.545. The first-order valence-electron chi connectivity index (χ1n) is 7.27. The average molecular weight is 362 g/mol. The monoisotopic (exact) mass is 362 g/mol. The lowest BCUT2D eigenvalue weighted by Crippen LogP contribution is -2.19. The van der Waals surface area contributed by atoms with Crippen LogP contribution in [0.3, 0.4) is 0 Å². The van der Waals surface area contributed by atoms with Gasteiger partial charge in [-0.25, -0.2) is 9.97 Å². The van der Waals surface area contributed by atoms with Crippen LogP contribution < -0.4 is 5.32 Å². The molecule has 0 aliphatic heterocycles. The summed E-state index contributed by atoms with van der Waals surface area (Å²) in [6.07, 6.45) is -2.11. The van der Waals surface area contributed by atoms with Crippen LogP contribution in [0.1, 0.15) is 16.1 Å². The molecule has 0 unspecified atom stereocenters. The Kier molecular flexibility index (Phi) is 3.39. The zero-order chi connectivity index (χ0) is 18.5. The van der Waals surface area contributed by atoms with Crippen molar-refractivity contribution in [2.24, 2.45) is 0 Å². The molecule has 0 fully saturated rings. The van der Waals surface area contributed by atoms with E-state index >= 15 is 0 Å². The van der Waals surface area contributed by atoms with Gasteiger partial charge in [-0.05, 0) is 18.2 Å². The van der Waals surface area contributed by atoms with E-state index in [4.69, 9.17) is 4.42 Å². The molecule has 132 valence electrons. The summed E-state index contributed by atoms with van der Waals surface area (Å²) in [4.78, 5) is 20.1. The summed E-state index contributed by atoms with van der Waals surface area (Å²) < 4.78 is 45.4. The van der Waals surface area contributed by atoms with Crippen molar-refractivity contribution in [2.75, 3.05) is 7.05 Å². The van der Waals surface area contributed by atoms with E-state index in [-0.39, 0.29) is 28.4 Å². The Morgan fingerprint density at radius 3 is 2.69 bits per heavy atom. The molecule has 0 aliphatic rings. The lowest BCUT2D eigenvalue weighted by Gasteiger charge is -2.10. The molecule has 4 rings (SSSR count). The predicted octanol–water partition coefficient (Wildman–Crippen LogP) is 2.31. The van der Waals surface area contributed by atoms with Crippen LogP contribution in [-0.4, -0.2) is 37.5 Å². The van der Waals surface area contributed by atoms with Crippen molar-refractivity contribution in [3.8, 4) is 11.6 Å². The molecule has 0 radical (unpaired) electrons. The molecule has 11 heteroatoms. The second-order valence-corrected chi connectivity index (χ2v) is 5.31. The normalized spacial score (nSPS) is 12.0. The van der Waals surface area contributed by atoms with E-state index in [1.807, 2.05) is 0 Å². The van der Waals surface area contributed by atoms with Gasteiger partial charge in [0.1, 0.15) is 17.0 Å². The van der Waals surface area contributed by atoms with Gasteiger partial charge in [0.2, 0.25) is 6.39 Å². The molecule has 0 bridgehead atoms. The number of hydrogen-bond donors (Lipinski definition) is 1. The first kappa shape index (κ1) is 16.0. The molecule has 4 heterocycles. The third-order valence-corrected chi connectivity index (χ3v) is 3.72. The molecule has 0 aromatic carbocycles. The fraction of sp³-hybridized carbons (Fsp3) is 0.133. The number of halogens is 3. The minimum atomic E-state index is -4.60. The van der Waals surface area contributed by atoms with Crippen LogP contribution in [-0.2, 0) is 6.18 Å². The Labute approximate surface area is 142 Å². The van der Waals surface area contributed by atoms with Gasteiger partial charge in [-0.15, -0.1) is 10.2 Å². The number of nitrogens with zero attached hydrogens (tertiary/aromatic N) is 5. The van der Waals surface area contributed by atoms with E-state index in [1.54, 1.807) is 0 Å². The highest BCUT2D eigenvalue weighted by molar-refractivity contribution is 6.03. The van der Waals surface area contributed by atoms with Gasteiger partial charge >= 0.3 is 6.18 Å². The van der Waals surface area contributed by atoms with E-state index in [0.29, 0.717) is 5.39 Å². The first-order chi connectivity index (χ1) is 12.4. The summed E-state index contributed by atoms with van der Waals surface area (Å²) in [6, 6.07) is 3.54. The van der Waals surface area contributed by atoms with Crippen LogP contribution in [0.2, 0.25) is 0 Å². The van der Waals surface area contributed by atoms with Gasteiger partial charge in [0.15, 0.2) is 5.65 Å². The topological polar surface area (TPSA) is 98.2 Å². The number of carbonyl (C=O) groups is 1. The van der Waals surface area contributed by atoms with Crippen LogP contribution in [0, 0.1) is 0 Å². The fourth-order valence-electron chi connectivity index (χ4n) is 2.56. The Hall–Kier alpha value is -3.50. The van der Waals surface area contributed by atoms with Crippen LogP contribution >= 0.6 is 0 Å². The SMILES string of the molecule is CNC(=O)c1cc2ccc(C(F)(F)F)nc2n2cc(-c3nnco3)nc12. The number of imidazole rings is 1. The maximum Gasteiger partial charge on any atom is 0.433 e. The van der Waals surface area contributed by atoms with E-state index in [9.17, 15) is 18.0 Å². The highest BCUT2D eigenvalue weighted by Crippen LogP contribution is 2.30. The Morgan fingerprint density at radius 1 is 1.23 bits per heavy atom. The zero-order valence-corrected chi connectivity index (χ0v) is 13.1. The predicted molar refractivity (Wildman–Crippen MR) is 82.2 cm³/mol. The van der Waals surface area contributed by atoms with Crippen LogP contribution in [0.5, 0.6) is 0 Å². The van der Waals surface area contributed by atoms with E-state index in [2.05, 4.69) is 25.5 Å². The fourth-order valence-corrected chi connectivity index (χ4v) is 2.56. The van der Waals surface area contributed by atoms with Gasteiger partial charge < -0.3 is 9.73 Å². The molecule has 1 N–H and O–H groups in total. The van der Waals surface area contributed by atoms with Gasteiger partial charge in [-0.2, -0.15) is 13.2 Å². The molecule has 8 nitrogen and oxygen atoms in total. The van der Waals surface area contributed by atoms with Crippen molar-refractivity contribution in [3.63, 3.8) is 0 Å². The summed E-state index contributed by atoms with van der Waals surface area (Å²) in [5, 5.41) is 10.1. The Morgan fingerprint density at radius 2 is 2.04 bits per heavy atom. The van der Waals surface area contributed by atoms with E-state index in [0.717, 1.165) is 12.5 Å². The van der Waals surface area contributed by atoms with Crippen LogP contribution in [0.25, 0.3) is 28.3 Å². The maximum absolute atomic E-state index is 13.0. The number of pyridine rings is 2. The van der Waals surface area contributed by atoms with Crippen LogP contribution in [0.4, 0.5) is 13.2 Å².